The van der Waals surface area contributed by atoms with E-state index in [4.69, 9.17) is 23.8 Å². The second-order valence-electron chi connectivity index (χ2n) is 4.65. The zero-order valence-corrected chi connectivity index (χ0v) is 13.1. The van der Waals surface area contributed by atoms with Crippen molar-refractivity contribution in [3.8, 4) is 0 Å². The summed E-state index contributed by atoms with van der Waals surface area (Å²) in [5.74, 6) is 0. The first-order valence-corrected chi connectivity index (χ1v) is 7.77. The molecular weight excluding hydrogens is 276 g/mol. The molecule has 19 heavy (non-hydrogen) atoms. The van der Waals surface area contributed by atoms with Crippen LogP contribution in [0, 0.1) is 0 Å². The number of hydrogen-bond acceptors (Lipinski definition) is 1. The van der Waals surface area contributed by atoms with Crippen molar-refractivity contribution in [3.05, 3.63) is 34.9 Å². The first-order chi connectivity index (χ1) is 9.22. The van der Waals surface area contributed by atoms with Crippen LogP contribution >= 0.6 is 23.8 Å². The standard InChI is InChI=1S/C15H23ClN2S/c1-2-3-4-5-6-11-17-15(19)18-12-13-7-9-14(16)10-8-13/h7-10H,2-6,11-12H2,1H3,(H2,17,18,19). The lowest BCUT2D eigenvalue weighted by Crippen LogP contribution is -2.35. The van der Waals surface area contributed by atoms with E-state index in [1.807, 2.05) is 24.3 Å². The van der Waals surface area contributed by atoms with Crippen molar-refractivity contribution in [2.24, 2.45) is 0 Å². The molecule has 106 valence electrons. The highest BCUT2D eigenvalue weighted by Crippen LogP contribution is 2.09. The van der Waals surface area contributed by atoms with Gasteiger partial charge in [0.25, 0.3) is 0 Å². The Morgan fingerprint density at radius 3 is 2.42 bits per heavy atom. The monoisotopic (exact) mass is 298 g/mol. The number of halogens is 1. The van der Waals surface area contributed by atoms with Crippen LogP contribution in [-0.4, -0.2) is 11.7 Å². The fourth-order valence-electron chi connectivity index (χ4n) is 1.78. The third-order valence-electron chi connectivity index (χ3n) is 2.93. The first-order valence-electron chi connectivity index (χ1n) is 6.98. The molecule has 0 unspecified atom stereocenters. The molecule has 0 aliphatic rings. The summed E-state index contributed by atoms with van der Waals surface area (Å²) in [4.78, 5) is 0. The van der Waals surface area contributed by atoms with E-state index < -0.39 is 0 Å². The van der Waals surface area contributed by atoms with E-state index in [2.05, 4.69) is 17.6 Å². The molecule has 0 spiro atoms. The summed E-state index contributed by atoms with van der Waals surface area (Å²) in [7, 11) is 0. The fraction of sp³-hybridized carbons (Fsp3) is 0.533. The van der Waals surface area contributed by atoms with E-state index in [1.165, 1.54) is 37.7 Å². The predicted molar refractivity (Wildman–Crippen MR) is 87.7 cm³/mol. The van der Waals surface area contributed by atoms with Gasteiger partial charge < -0.3 is 10.6 Å². The molecule has 0 amide bonds. The zero-order chi connectivity index (χ0) is 13.9. The van der Waals surface area contributed by atoms with Gasteiger partial charge in [-0.15, -0.1) is 0 Å². The van der Waals surface area contributed by atoms with E-state index in [0.29, 0.717) is 0 Å². The minimum absolute atomic E-state index is 0.727. The van der Waals surface area contributed by atoms with Crippen LogP contribution in [0.2, 0.25) is 5.02 Å². The summed E-state index contributed by atoms with van der Waals surface area (Å²) in [6.07, 6.45) is 6.40. The van der Waals surface area contributed by atoms with Gasteiger partial charge in [0.15, 0.2) is 5.11 Å². The minimum atomic E-state index is 0.727. The van der Waals surface area contributed by atoms with Gasteiger partial charge in [-0.1, -0.05) is 56.3 Å². The maximum atomic E-state index is 5.84. The number of benzene rings is 1. The molecule has 1 aromatic rings. The Morgan fingerprint density at radius 1 is 1.05 bits per heavy atom. The van der Waals surface area contributed by atoms with Gasteiger partial charge in [0.1, 0.15) is 0 Å². The van der Waals surface area contributed by atoms with Crippen molar-refractivity contribution >= 4 is 28.9 Å². The Kier molecular flexibility index (Phi) is 8.59. The van der Waals surface area contributed by atoms with E-state index in [9.17, 15) is 0 Å². The van der Waals surface area contributed by atoms with Gasteiger partial charge in [-0.3, -0.25) is 0 Å². The highest BCUT2D eigenvalue weighted by Gasteiger charge is 1.96. The smallest absolute Gasteiger partial charge is 0.166 e. The maximum Gasteiger partial charge on any atom is 0.166 e. The molecule has 0 radical (unpaired) electrons. The topological polar surface area (TPSA) is 24.1 Å². The van der Waals surface area contributed by atoms with Crippen LogP contribution in [0.3, 0.4) is 0 Å². The molecule has 2 nitrogen and oxygen atoms in total. The molecule has 0 heterocycles. The molecular formula is C15H23ClN2S. The number of rotatable bonds is 8. The maximum absolute atomic E-state index is 5.84. The van der Waals surface area contributed by atoms with Crippen LogP contribution in [0.4, 0.5) is 0 Å². The fourth-order valence-corrected chi connectivity index (χ4v) is 2.08. The average Bonchev–Trinajstić information content (AvgIpc) is 2.42. The van der Waals surface area contributed by atoms with Crippen LogP contribution in [0.1, 0.15) is 44.6 Å². The van der Waals surface area contributed by atoms with E-state index in [1.54, 1.807) is 0 Å². The summed E-state index contributed by atoms with van der Waals surface area (Å²) < 4.78 is 0. The van der Waals surface area contributed by atoms with Crippen molar-refractivity contribution in [2.75, 3.05) is 6.54 Å². The molecule has 1 aromatic carbocycles. The Balaban J connectivity index is 2.06. The van der Waals surface area contributed by atoms with Gasteiger partial charge in [-0.2, -0.15) is 0 Å². The van der Waals surface area contributed by atoms with Gasteiger partial charge in [0.05, 0.1) is 0 Å². The normalized spacial score (nSPS) is 10.2. The van der Waals surface area contributed by atoms with Gasteiger partial charge in [0.2, 0.25) is 0 Å². The van der Waals surface area contributed by atoms with E-state index in [-0.39, 0.29) is 0 Å². The number of unbranched alkanes of at least 4 members (excludes halogenated alkanes) is 4. The zero-order valence-electron chi connectivity index (χ0n) is 11.5. The Bertz CT molecular complexity index is 365. The summed E-state index contributed by atoms with van der Waals surface area (Å²) in [5.41, 5.74) is 1.18. The lowest BCUT2D eigenvalue weighted by atomic mass is 10.1. The minimum Gasteiger partial charge on any atom is -0.363 e. The summed E-state index contributed by atoms with van der Waals surface area (Å²) in [6.45, 7) is 3.92. The van der Waals surface area contributed by atoms with Crippen LogP contribution in [0.25, 0.3) is 0 Å². The van der Waals surface area contributed by atoms with Crippen molar-refractivity contribution in [1.29, 1.82) is 0 Å². The summed E-state index contributed by atoms with van der Waals surface area (Å²) in [5, 5.41) is 7.92. The molecule has 0 fully saturated rings. The Morgan fingerprint density at radius 2 is 1.74 bits per heavy atom. The molecule has 0 atom stereocenters. The third kappa shape index (κ3) is 8.06. The molecule has 0 bridgehead atoms. The second kappa shape index (κ2) is 10.0. The number of nitrogens with one attached hydrogen (secondary N) is 2. The number of hydrogen-bond donors (Lipinski definition) is 2. The van der Waals surface area contributed by atoms with E-state index >= 15 is 0 Å². The van der Waals surface area contributed by atoms with Crippen LogP contribution in [0.5, 0.6) is 0 Å². The Hall–Kier alpha value is -0.800. The van der Waals surface area contributed by atoms with Gasteiger partial charge in [-0.25, -0.2) is 0 Å². The predicted octanol–water partition coefficient (Wildman–Crippen LogP) is 4.27. The van der Waals surface area contributed by atoms with Crippen LogP contribution in [0.15, 0.2) is 24.3 Å². The lowest BCUT2D eigenvalue weighted by Gasteiger charge is -2.10. The SMILES string of the molecule is CCCCCCCNC(=S)NCc1ccc(Cl)cc1. The van der Waals surface area contributed by atoms with Crippen LogP contribution in [-0.2, 0) is 6.54 Å². The van der Waals surface area contributed by atoms with Gasteiger partial charge in [-0.05, 0) is 36.3 Å². The van der Waals surface area contributed by atoms with Gasteiger partial charge >= 0.3 is 0 Å². The molecule has 0 aromatic heterocycles. The third-order valence-corrected chi connectivity index (χ3v) is 3.47. The molecule has 0 saturated carbocycles. The molecule has 2 N–H and O–H groups in total. The second-order valence-corrected chi connectivity index (χ2v) is 5.49. The highest BCUT2D eigenvalue weighted by atomic mass is 35.5. The summed E-state index contributed by atoms with van der Waals surface area (Å²) in [6, 6.07) is 7.79. The molecule has 4 heteroatoms. The lowest BCUT2D eigenvalue weighted by molar-refractivity contribution is 0.622. The molecule has 0 aliphatic carbocycles. The Labute approximate surface area is 126 Å². The molecule has 0 saturated heterocycles. The van der Waals surface area contributed by atoms with Crippen LogP contribution < -0.4 is 10.6 Å². The van der Waals surface area contributed by atoms with Crippen molar-refractivity contribution in [3.63, 3.8) is 0 Å². The van der Waals surface area contributed by atoms with Gasteiger partial charge in [0, 0.05) is 18.1 Å². The quantitative estimate of drug-likeness (QED) is 0.553. The molecule has 0 aliphatic heterocycles. The largest absolute Gasteiger partial charge is 0.363 e. The highest BCUT2D eigenvalue weighted by molar-refractivity contribution is 7.80. The van der Waals surface area contributed by atoms with E-state index in [0.717, 1.165) is 23.2 Å². The average molecular weight is 299 g/mol. The van der Waals surface area contributed by atoms with Crippen molar-refractivity contribution < 1.29 is 0 Å². The molecule has 1 rings (SSSR count). The number of thiocarbonyl (C=S) groups is 1. The van der Waals surface area contributed by atoms with Crippen molar-refractivity contribution in [2.45, 2.75) is 45.6 Å². The summed E-state index contributed by atoms with van der Waals surface area (Å²) >= 11 is 11.1. The first kappa shape index (κ1) is 16.3. The van der Waals surface area contributed by atoms with Crippen molar-refractivity contribution in [1.82, 2.24) is 10.6 Å².